The minimum Gasteiger partial charge on any atom is -0.329 e. The second kappa shape index (κ2) is 15.4. The van der Waals surface area contributed by atoms with E-state index in [-0.39, 0.29) is 50.3 Å². The van der Waals surface area contributed by atoms with Crippen LogP contribution in [0, 0.1) is 5.41 Å². The number of amides is 3. The van der Waals surface area contributed by atoms with E-state index in [0.29, 0.717) is 37.3 Å². The van der Waals surface area contributed by atoms with Crippen molar-refractivity contribution in [1.82, 2.24) is 19.5 Å². The number of hydrogen-bond acceptors (Lipinski definition) is 7. The Morgan fingerprint density at radius 1 is 0.913 bits per heavy atom. The molecule has 1 fully saturated rings. The predicted octanol–water partition coefficient (Wildman–Crippen LogP) is 3.57. The fraction of sp³-hybridized carbons (Fsp3) is 0.412. The first-order valence-electron chi connectivity index (χ1n) is 15.5. The van der Waals surface area contributed by atoms with E-state index in [1.807, 2.05) is 51.2 Å². The average molecular weight is 649 g/mol. The number of pyridine rings is 1. The Morgan fingerprint density at radius 3 is 2.24 bits per heavy atom. The number of aryl methyl sites for hydroxylation is 1. The summed E-state index contributed by atoms with van der Waals surface area (Å²) in [5, 5.41) is 8.89. The summed E-state index contributed by atoms with van der Waals surface area (Å²) in [6.07, 6.45) is 4.33. The topological polar surface area (TPSA) is 141 Å². The maximum atomic E-state index is 14.2. The predicted molar refractivity (Wildman–Crippen MR) is 179 cm³/mol. The quantitative estimate of drug-likeness (QED) is 0.257. The number of piperidine rings is 1. The molecule has 12 heteroatoms. The van der Waals surface area contributed by atoms with Gasteiger partial charge in [0.05, 0.1) is 12.7 Å². The molecule has 0 aliphatic carbocycles. The molecule has 3 aromatic rings. The number of sulfonamides is 1. The zero-order valence-corrected chi connectivity index (χ0v) is 27.8. The monoisotopic (exact) mass is 648 g/mol. The van der Waals surface area contributed by atoms with Crippen LogP contribution in [0.2, 0.25) is 0 Å². The maximum Gasteiger partial charge on any atom is 0.244 e. The SMILES string of the molecule is CCc1ccc(NC(=O)CN(Cc2ccccc2CNC)C(=O)C2(C)CCN(S(C)(=O)=O)CC2)cc1CC(=O)Nc1ccccn1. The lowest BCUT2D eigenvalue weighted by Crippen LogP contribution is -2.51. The highest BCUT2D eigenvalue weighted by molar-refractivity contribution is 7.88. The van der Waals surface area contributed by atoms with Crippen LogP contribution in [0.25, 0.3) is 0 Å². The van der Waals surface area contributed by atoms with Crippen LogP contribution < -0.4 is 16.0 Å². The molecule has 1 aromatic heterocycles. The number of aromatic nitrogens is 1. The Hall–Kier alpha value is -4.13. The van der Waals surface area contributed by atoms with Gasteiger partial charge in [0.1, 0.15) is 12.4 Å². The minimum atomic E-state index is -3.36. The number of nitrogens with zero attached hydrogens (tertiary/aromatic N) is 3. The van der Waals surface area contributed by atoms with E-state index in [0.717, 1.165) is 22.3 Å². The van der Waals surface area contributed by atoms with Crippen molar-refractivity contribution >= 4 is 39.3 Å². The van der Waals surface area contributed by atoms with Gasteiger partial charge in [-0.1, -0.05) is 50.2 Å². The van der Waals surface area contributed by atoms with E-state index in [9.17, 15) is 22.8 Å². The van der Waals surface area contributed by atoms with Crippen molar-refractivity contribution in [2.75, 3.05) is 43.6 Å². The first-order chi connectivity index (χ1) is 21.9. The van der Waals surface area contributed by atoms with Crippen LogP contribution in [0.5, 0.6) is 0 Å². The average Bonchev–Trinajstić information content (AvgIpc) is 3.01. The van der Waals surface area contributed by atoms with Crippen molar-refractivity contribution < 1.29 is 22.8 Å². The van der Waals surface area contributed by atoms with Gasteiger partial charge in [0.15, 0.2) is 0 Å². The van der Waals surface area contributed by atoms with Crippen LogP contribution in [0.1, 0.15) is 48.9 Å². The Morgan fingerprint density at radius 2 is 1.61 bits per heavy atom. The van der Waals surface area contributed by atoms with E-state index >= 15 is 0 Å². The number of rotatable bonds is 13. The second-order valence-electron chi connectivity index (χ2n) is 12.0. The third-order valence-corrected chi connectivity index (χ3v) is 9.74. The third-order valence-electron chi connectivity index (χ3n) is 8.43. The van der Waals surface area contributed by atoms with Crippen LogP contribution in [0.3, 0.4) is 0 Å². The number of hydrogen-bond donors (Lipinski definition) is 3. The lowest BCUT2D eigenvalue weighted by Gasteiger charge is -2.40. The van der Waals surface area contributed by atoms with Crippen LogP contribution >= 0.6 is 0 Å². The highest BCUT2D eigenvalue weighted by Crippen LogP contribution is 2.34. The molecule has 2 heterocycles. The molecule has 3 amide bonds. The summed E-state index contributed by atoms with van der Waals surface area (Å²) < 4.78 is 25.6. The summed E-state index contributed by atoms with van der Waals surface area (Å²) in [5.74, 6) is -0.316. The van der Waals surface area contributed by atoms with E-state index in [1.165, 1.54) is 10.6 Å². The van der Waals surface area contributed by atoms with Crippen LogP contribution in [0.15, 0.2) is 66.9 Å². The molecule has 1 saturated heterocycles. The summed E-state index contributed by atoms with van der Waals surface area (Å²) >= 11 is 0. The lowest BCUT2D eigenvalue weighted by atomic mass is 9.79. The van der Waals surface area contributed by atoms with Gasteiger partial charge in [-0.15, -0.1) is 0 Å². The van der Waals surface area contributed by atoms with Gasteiger partial charge in [0, 0.05) is 43.5 Å². The molecular weight excluding hydrogens is 604 g/mol. The van der Waals surface area contributed by atoms with Crippen LogP contribution in [0.4, 0.5) is 11.5 Å². The van der Waals surface area contributed by atoms with E-state index < -0.39 is 15.4 Å². The molecule has 11 nitrogen and oxygen atoms in total. The summed E-state index contributed by atoms with van der Waals surface area (Å²) in [6.45, 7) is 4.99. The summed E-state index contributed by atoms with van der Waals surface area (Å²) in [4.78, 5) is 46.2. The van der Waals surface area contributed by atoms with Crippen molar-refractivity contribution in [3.05, 3.63) is 89.1 Å². The lowest BCUT2D eigenvalue weighted by molar-refractivity contribution is -0.146. The van der Waals surface area contributed by atoms with Crippen molar-refractivity contribution in [2.45, 2.75) is 52.6 Å². The largest absolute Gasteiger partial charge is 0.329 e. The number of benzene rings is 2. The Kier molecular flexibility index (Phi) is 11.7. The molecule has 0 unspecified atom stereocenters. The van der Waals surface area contributed by atoms with Gasteiger partial charge >= 0.3 is 0 Å². The van der Waals surface area contributed by atoms with Gasteiger partial charge < -0.3 is 20.9 Å². The van der Waals surface area contributed by atoms with E-state index in [1.54, 1.807) is 41.4 Å². The molecule has 4 rings (SSSR count). The molecule has 1 aliphatic rings. The molecular formula is C34H44N6O5S. The number of carbonyl (C=O) groups is 3. The van der Waals surface area contributed by atoms with Gasteiger partial charge in [-0.05, 0) is 72.8 Å². The van der Waals surface area contributed by atoms with Crippen molar-refractivity contribution in [2.24, 2.45) is 5.41 Å². The van der Waals surface area contributed by atoms with E-state index in [2.05, 4.69) is 20.9 Å². The van der Waals surface area contributed by atoms with Gasteiger partial charge in [-0.25, -0.2) is 17.7 Å². The zero-order valence-electron chi connectivity index (χ0n) is 27.0. The zero-order chi connectivity index (χ0) is 33.3. The Bertz CT molecular complexity index is 1640. The van der Waals surface area contributed by atoms with Crippen molar-refractivity contribution in [3.8, 4) is 0 Å². The van der Waals surface area contributed by atoms with Crippen LogP contribution in [-0.2, 0) is 50.3 Å². The smallest absolute Gasteiger partial charge is 0.244 e. The molecule has 0 bridgehead atoms. The number of anilines is 2. The molecule has 0 spiro atoms. The molecule has 246 valence electrons. The molecule has 1 aliphatic heterocycles. The first-order valence-corrected chi connectivity index (χ1v) is 17.3. The highest BCUT2D eigenvalue weighted by atomic mass is 32.2. The summed E-state index contributed by atoms with van der Waals surface area (Å²) in [5.41, 5.74) is 3.41. The van der Waals surface area contributed by atoms with Gasteiger partial charge in [0.2, 0.25) is 27.7 Å². The molecule has 0 saturated carbocycles. The molecule has 0 radical (unpaired) electrons. The Balaban J connectivity index is 1.52. The fourth-order valence-corrected chi connectivity index (χ4v) is 6.62. The van der Waals surface area contributed by atoms with Gasteiger partial charge in [0.25, 0.3) is 0 Å². The van der Waals surface area contributed by atoms with Crippen molar-refractivity contribution in [1.29, 1.82) is 0 Å². The van der Waals surface area contributed by atoms with E-state index in [4.69, 9.17) is 0 Å². The normalized spacial score (nSPS) is 14.8. The molecule has 46 heavy (non-hydrogen) atoms. The summed E-state index contributed by atoms with van der Waals surface area (Å²) in [7, 11) is -1.51. The van der Waals surface area contributed by atoms with Gasteiger partial charge in [-0.3, -0.25) is 14.4 Å². The highest BCUT2D eigenvalue weighted by Gasteiger charge is 2.41. The van der Waals surface area contributed by atoms with Gasteiger partial charge in [-0.2, -0.15) is 0 Å². The standard InChI is InChI=1S/C34H44N6O5S/c1-5-25-13-14-29(20-28(25)21-31(41)38-30-12-8-9-17-36-30)37-32(42)24-39(23-27-11-7-6-10-26(27)22-35-3)33(43)34(2)15-18-40(19-16-34)46(4,44)45/h6-14,17,20,35H,5,15-16,18-19,21-24H2,1-4H3,(H,37,42)(H,36,38,41). The molecule has 2 aromatic carbocycles. The minimum absolute atomic E-state index is 0.110. The number of nitrogens with one attached hydrogen (secondary N) is 3. The third kappa shape index (κ3) is 9.21. The van der Waals surface area contributed by atoms with Crippen molar-refractivity contribution in [3.63, 3.8) is 0 Å². The fourth-order valence-electron chi connectivity index (χ4n) is 5.77. The molecule has 3 N–H and O–H groups in total. The second-order valence-corrected chi connectivity index (χ2v) is 14.0. The number of carbonyl (C=O) groups excluding carboxylic acids is 3. The summed E-state index contributed by atoms with van der Waals surface area (Å²) in [6, 6.07) is 18.6. The maximum absolute atomic E-state index is 14.2. The van der Waals surface area contributed by atoms with Crippen LogP contribution in [-0.4, -0.2) is 73.3 Å². The first kappa shape index (κ1) is 34.7. The molecule has 0 atom stereocenters. The Labute approximate surface area is 271 Å².